The number of aliphatic carboxylic acids is 1. The minimum atomic E-state index is -4.53. The molecule has 4 fully saturated rings. The fourth-order valence-electron chi connectivity index (χ4n) is 9.20. The molecule has 11 heteroatoms. The van der Waals surface area contributed by atoms with Crippen molar-refractivity contribution in [2.24, 2.45) is 46.3 Å². The molecule has 5 N–H and O–H groups in total. The first-order valence-corrected chi connectivity index (χ1v) is 15.0. The summed E-state index contributed by atoms with van der Waals surface area (Å²) in [6.07, 6.45) is 3.77. The van der Waals surface area contributed by atoms with Crippen LogP contribution in [0.4, 0.5) is 0 Å². The molecule has 0 aliphatic heterocycles. The molecule has 0 spiro atoms. The van der Waals surface area contributed by atoms with E-state index >= 15 is 0 Å². The van der Waals surface area contributed by atoms with Crippen LogP contribution in [0.5, 0.6) is 0 Å². The van der Waals surface area contributed by atoms with Crippen LogP contribution in [0.15, 0.2) is 0 Å². The number of carbonyl (C=O) groups is 2. The van der Waals surface area contributed by atoms with Crippen LogP contribution in [0.25, 0.3) is 0 Å². The molecule has 4 aliphatic rings. The van der Waals surface area contributed by atoms with Crippen molar-refractivity contribution in [1.82, 2.24) is 5.32 Å². The molecule has 0 aromatic carbocycles. The summed E-state index contributed by atoms with van der Waals surface area (Å²) in [5, 5.41) is 34.3. The fourth-order valence-corrected chi connectivity index (χ4v) is 9.72. The molecule has 11 unspecified atom stereocenters. The molecule has 212 valence electrons. The van der Waals surface area contributed by atoms with Gasteiger partial charge in [-0.25, -0.2) is 4.18 Å². The van der Waals surface area contributed by atoms with E-state index in [0.717, 1.165) is 12.8 Å². The van der Waals surface area contributed by atoms with Gasteiger partial charge in [-0.1, -0.05) is 20.8 Å². The van der Waals surface area contributed by atoms with Crippen LogP contribution >= 0.6 is 0 Å². The highest BCUT2D eigenvalue weighted by molar-refractivity contribution is 7.80. The molecule has 0 radical (unpaired) electrons. The minimum absolute atomic E-state index is 0.0428. The summed E-state index contributed by atoms with van der Waals surface area (Å²) < 4.78 is 36.6. The van der Waals surface area contributed by atoms with Gasteiger partial charge in [-0.05, 0) is 97.7 Å². The molecule has 11 atom stereocenters. The van der Waals surface area contributed by atoms with E-state index in [-0.39, 0.29) is 58.7 Å². The van der Waals surface area contributed by atoms with Gasteiger partial charge in [0.25, 0.3) is 0 Å². The van der Waals surface area contributed by atoms with Gasteiger partial charge in [0.15, 0.2) is 0 Å². The summed E-state index contributed by atoms with van der Waals surface area (Å²) in [5.74, 6) is -0.662. The van der Waals surface area contributed by atoms with Crippen LogP contribution in [-0.4, -0.2) is 65.0 Å². The summed E-state index contributed by atoms with van der Waals surface area (Å²) in [6.45, 7) is 6.07. The number of fused-ring (bicyclic) bond motifs is 5. The van der Waals surface area contributed by atoms with Gasteiger partial charge in [0, 0.05) is 6.42 Å². The Hall–Kier alpha value is -1.27. The van der Waals surface area contributed by atoms with Gasteiger partial charge in [0.2, 0.25) is 5.91 Å². The highest BCUT2D eigenvalue weighted by atomic mass is 32.3. The maximum absolute atomic E-state index is 12.1. The van der Waals surface area contributed by atoms with Crippen LogP contribution in [0, 0.1) is 46.3 Å². The summed E-state index contributed by atoms with van der Waals surface area (Å²) in [7, 11) is -4.53. The number of hydrogen-bond acceptors (Lipinski definition) is 7. The molecule has 1 amide bonds. The molecule has 0 aromatic heterocycles. The van der Waals surface area contributed by atoms with Crippen molar-refractivity contribution in [3.8, 4) is 0 Å². The van der Waals surface area contributed by atoms with E-state index in [1.165, 1.54) is 0 Å². The summed E-state index contributed by atoms with van der Waals surface area (Å²) in [5.41, 5.74) is -0.537. The van der Waals surface area contributed by atoms with Crippen molar-refractivity contribution in [1.29, 1.82) is 0 Å². The molecule has 4 rings (SSSR count). The number of amides is 1. The number of aliphatic hydroxyl groups is 2. The zero-order valence-corrected chi connectivity index (χ0v) is 22.8. The van der Waals surface area contributed by atoms with E-state index in [9.17, 15) is 28.2 Å². The summed E-state index contributed by atoms with van der Waals surface area (Å²) in [6, 6.07) is 0. The van der Waals surface area contributed by atoms with E-state index in [2.05, 4.69) is 26.1 Å². The largest absolute Gasteiger partial charge is 0.480 e. The van der Waals surface area contributed by atoms with Crippen LogP contribution in [0.3, 0.4) is 0 Å². The summed E-state index contributed by atoms with van der Waals surface area (Å²) in [4.78, 5) is 22.8. The topological polar surface area (TPSA) is 170 Å². The molecular formula is C26H43NO9S. The second kappa shape index (κ2) is 10.4. The Bertz CT molecular complexity index is 989. The molecule has 37 heavy (non-hydrogen) atoms. The van der Waals surface area contributed by atoms with E-state index in [4.69, 9.17) is 13.8 Å². The first kappa shape index (κ1) is 28.7. The van der Waals surface area contributed by atoms with Gasteiger partial charge in [0.1, 0.15) is 6.54 Å². The Kier molecular flexibility index (Phi) is 8.05. The van der Waals surface area contributed by atoms with E-state index in [0.29, 0.717) is 38.5 Å². The first-order chi connectivity index (χ1) is 17.2. The fraction of sp³-hybridized carbons (Fsp3) is 0.923. The molecule has 0 heterocycles. The van der Waals surface area contributed by atoms with Crippen molar-refractivity contribution < 1.29 is 42.1 Å². The maximum atomic E-state index is 12.1. The van der Waals surface area contributed by atoms with E-state index in [1.54, 1.807) is 0 Å². The molecular weight excluding hydrogens is 502 g/mol. The standard InChI is InChI=1S/C26H43NO9S/c1-14(4-7-22(30)27-13-23(31)32)17-5-6-18-24-19(12-21(29)26(17,18)3)25(2)9-8-16(36-37(33,34)35)10-15(25)11-20(24)28/h14-21,24,28-29H,4-13H2,1-3H3,(H,27,30)(H,31,32)(H,33,34,35). The monoisotopic (exact) mass is 545 g/mol. The Labute approximate surface area is 219 Å². The number of nitrogens with one attached hydrogen (secondary N) is 1. The molecule has 0 aromatic rings. The lowest BCUT2D eigenvalue weighted by Gasteiger charge is -2.63. The summed E-state index contributed by atoms with van der Waals surface area (Å²) >= 11 is 0. The molecule has 0 bridgehead atoms. The third-order valence-electron chi connectivity index (χ3n) is 11.0. The maximum Gasteiger partial charge on any atom is 0.397 e. The van der Waals surface area contributed by atoms with Crippen LogP contribution in [0.2, 0.25) is 0 Å². The van der Waals surface area contributed by atoms with Crippen molar-refractivity contribution in [2.75, 3.05) is 6.54 Å². The van der Waals surface area contributed by atoms with Gasteiger partial charge >= 0.3 is 16.4 Å². The molecule has 4 saturated carbocycles. The SMILES string of the molecule is CC(CCC(=O)NCC(=O)O)C1CCC2C3C(O)CC4CC(OS(=O)(=O)O)CCC4(C)C3CC(O)C12C. The van der Waals surface area contributed by atoms with Gasteiger partial charge in [-0.15, -0.1) is 0 Å². The highest BCUT2D eigenvalue weighted by Crippen LogP contribution is 2.68. The highest BCUT2D eigenvalue weighted by Gasteiger charge is 2.65. The number of carboxylic acids is 1. The van der Waals surface area contributed by atoms with Crippen molar-refractivity contribution >= 4 is 22.3 Å². The second-order valence-corrected chi connectivity index (χ2v) is 13.8. The Morgan fingerprint density at radius 1 is 1.08 bits per heavy atom. The zero-order valence-electron chi connectivity index (χ0n) is 22.0. The second-order valence-electron chi connectivity index (χ2n) is 12.7. The number of hydrogen-bond donors (Lipinski definition) is 5. The van der Waals surface area contributed by atoms with Gasteiger partial charge in [0.05, 0.1) is 18.3 Å². The average Bonchev–Trinajstić information content (AvgIpc) is 3.15. The average molecular weight is 546 g/mol. The van der Waals surface area contributed by atoms with Crippen molar-refractivity contribution in [3.63, 3.8) is 0 Å². The lowest BCUT2D eigenvalue weighted by atomic mass is 9.43. The predicted molar refractivity (Wildman–Crippen MR) is 133 cm³/mol. The van der Waals surface area contributed by atoms with E-state index < -0.39 is 41.2 Å². The van der Waals surface area contributed by atoms with E-state index in [1.807, 2.05) is 0 Å². The Balaban J connectivity index is 1.48. The minimum Gasteiger partial charge on any atom is -0.480 e. The smallest absolute Gasteiger partial charge is 0.397 e. The van der Waals surface area contributed by atoms with Crippen LogP contribution in [0.1, 0.15) is 78.6 Å². The molecule has 0 saturated heterocycles. The normalized spacial score (nSPS) is 44.3. The number of carbonyl (C=O) groups excluding carboxylic acids is 1. The lowest BCUT2D eigenvalue weighted by molar-refractivity contribution is -0.206. The number of carboxylic acid groups (broad SMARTS) is 1. The first-order valence-electron chi connectivity index (χ1n) is 13.7. The van der Waals surface area contributed by atoms with Gasteiger partial charge < -0.3 is 20.6 Å². The van der Waals surface area contributed by atoms with Gasteiger partial charge in [-0.2, -0.15) is 8.42 Å². The van der Waals surface area contributed by atoms with Gasteiger partial charge in [-0.3, -0.25) is 14.1 Å². The Morgan fingerprint density at radius 2 is 1.78 bits per heavy atom. The molecule has 10 nitrogen and oxygen atoms in total. The number of aliphatic hydroxyl groups excluding tert-OH is 2. The quantitative estimate of drug-likeness (QED) is 0.287. The van der Waals surface area contributed by atoms with Crippen LogP contribution < -0.4 is 5.32 Å². The van der Waals surface area contributed by atoms with Crippen molar-refractivity contribution in [3.05, 3.63) is 0 Å². The lowest BCUT2D eigenvalue weighted by Crippen LogP contribution is -2.62. The molecule has 4 aliphatic carbocycles. The number of rotatable bonds is 8. The Morgan fingerprint density at radius 3 is 2.43 bits per heavy atom. The predicted octanol–water partition coefficient (Wildman–Crippen LogP) is 2.39. The zero-order chi connectivity index (χ0) is 27.3. The van der Waals surface area contributed by atoms with Crippen LogP contribution in [-0.2, 0) is 24.2 Å². The third kappa shape index (κ3) is 5.44. The van der Waals surface area contributed by atoms with Crippen molar-refractivity contribution in [2.45, 2.75) is 96.9 Å². The third-order valence-corrected chi connectivity index (χ3v) is 11.5.